The lowest BCUT2D eigenvalue weighted by molar-refractivity contribution is 0.521. The van der Waals surface area contributed by atoms with Gasteiger partial charge in [-0.25, -0.2) is 4.98 Å². The smallest absolute Gasteiger partial charge is 0.224 e. The van der Waals surface area contributed by atoms with Crippen molar-refractivity contribution in [1.29, 1.82) is 0 Å². The van der Waals surface area contributed by atoms with Crippen molar-refractivity contribution in [3.8, 4) is 5.69 Å². The van der Waals surface area contributed by atoms with E-state index in [1.807, 2.05) is 6.92 Å². The molecule has 7 heteroatoms. The predicted molar refractivity (Wildman–Crippen MR) is 79.8 cm³/mol. The van der Waals surface area contributed by atoms with Gasteiger partial charge in [-0.3, -0.25) is 4.57 Å². The van der Waals surface area contributed by atoms with E-state index in [9.17, 15) is 0 Å². The Morgan fingerprint density at radius 3 is 2.86 bits per heavy atom. The number of anilines is 1. The van der Waals surface area contributed by atoms with E-state index >= 15 is 0 Å². The first-order valence-corrected chi connectivity index (χ1v) is 7.78. The zero-order valence-electron chi connectivity index (χ0n) is 12.1. The van der Waals surface area contributed by atoms with Gasteiger partial charge in [0.25, 0.3) is 0 Å². The number of nitrogens with zero attached hydrogens (tertiary/aromatic N) is 6. The highest BCUT2D eigenvalue weighted by molar-refractivity contribution is 6.28. The number of aryl methyl sites for hydroxylation is 1. The summed E-state index contributed by atoms with van der Waals surface area (Å²) in [5.74, 6) is 3.51. The first-order valence-electron chi connectivity index (χ1n) is 7.40. The minimum absolute atomic E-state index is 0.199. The quantitative estimate of drug-likeness (QED) is 0.816. The van der Waals surface area contributed by atoms with E-state index in [0.29, 0.717) is 5.28 Å². The van der Waals surface area contributed by atoms with E-state index < -0.39 is 0 Å². The highest BCUT2D eigenvalue weighted by Gasteiger charge is 2.37. The van der Waals surface area contributed by atoms with Crippen molar-refractivity contribution in [2.75, 3.05) is 11.4 Å². The molecular weight excluding hydrogens is 288 g/mol. The van der Waals surface area contributed by atoms with E-state index in [4.69, 9.17) is 11.6 Å². The molecular formula is C14H17ClN6. The average molecular weight is 305 g/mol. The van der Waals surface area contributed by atoms with Crippen molar-refractivity contribution in [1.82, 2.24) is 24.7 Å². The van der Waals surface area contributed by atoms with Crippen LogP contribution in [0.5, 0.6) is 0 Å². The van der Waals surface area contributed by atoms with Crippen molar-refractivity contribution in [3.05, 3.63) is 23.1 Å². The van der Waals surface area contributed by atoms with E-state index in [0.717, 1.165) is 42.0 Å². The van der Waals surface area contributed by atoms with Gasteiger partial charge < -0.3 is 4.90 Å². The van der Waals surface area contributed by atoms with Crippen LogP contribution in [0.4, 0.5) is 5.82 Å². The van der Waals surface area contributed by atoms with Crippen LogP contribution in [-0.2, 0) is 0 Å². The highest BCUT2D eigenvalue weighted by Crippen LogP contribution is 2.42. The molecule has 1 saturated carbocycles. The number of hydrogen-bond acceptors (Lipinski definition) is 5. The first kappa shape index (κ1) is 13.0. The first-order chi connectivity index (χ1) is 10.2. The molecule has 1 fully saturated rings. The molecule has 4 rings (SSSR count). The molecule has 21 heavy (non-hydrogen) atoms. The number of aromatic nitrogens is 5. The van der Waals surface area contributed by atoms with E-state index in [2.05, 4.69) is 36.6 Å². The largest absolute Gasteiger partial charge is 0.344 e. The second-order valence-corrected chi connectivity index (χ2v) is 6.15. The summed E-state index contributed by atoms with van der Waals surface area (Å²) in [5.41, 5.74) is 0.933. The molecule has 1 aliphatic heterocycles. The number of hydrogen-bond donors (Lipinski definition) is 0. The summed E-state index contributed by atoms with van der Waals surface area (Å²) in [7, 11) is 0. The number of rotatable bonds is 3. The van der Waals surface area contributed by atoms with Gasteiger partial charge in [0.15, 0.2) is 11.6 Å². The monoisotopic (exact) mass is 304 g/mol. The summed E-state index contributed by atoms with van der Waals surface area (Å²) in [4.78, 5) is 11.0. The fourth-order valence-electron chi connectivity index (χ4n) is 3.09. The van der Waals surface area contributed by atoms with Gasteiger partial charge in [-0.15, -0.1) is 10.2 Å². The molecule has 0 aromatic carbocycles. The van der Waals surface area contributed by atoms with Gasteiger partial charge in [-0.05, 0) is 43.7 Å². The maximum atomic E-state index is 6.04. The molecule has 0 saturated heterocycles. The van der Waals surface area contributed by atoms with Crippen molar-refractivity contribution < 1.29 is 0 Å². The third kappa shape index (κ3) is 2.00. The Morgan fingerprint density at radius 1 is 1.33 bits per heavy atom. The third-order valence-electron chi connectivity index (χ3n) is 4.30. The fourth-order valence-corrected chi connectivity index (χ4v) is 3.22. The summed E-state index contributed by atoms with van der Waals surface area (Å²) in [6.45, 7) is 5.13. The zero-order valence-corrected chi connectivity index (χ0v) is 12.9. The highest BCUT2D eigenvalue weighted by atomic mass is 35.5. The topological polar surface area (TPSA) is 59.7 Å². The normalized spacial score (nSPS) is 20.3. The molecule has 1 aliphatic carbocycles. The molecule has 2 aliphatic rings. The molecule has 0 bridgehead atoms. The lowest BCUT2D eigenvalue weighted by atomic mass is 10.1. The van der Waals surface area contributed by atoms with E-state index in [1.54, 1.807) is 6.20 Å². The van der Waals surface area contributed by atoms with Crippen LogP contribution in [0.2, 0.25) is 5.28 Å². The average Bonchev–Trinajstić information content (AvgIpc) is 3.21. The SMILES string of the molecule is CCC1c2nnc(C)n2-c2cnc(Cl)nc2N1CC1CC1. The van der Waals surface area contributed by atoms with Crippen LogP contribution in [0.3, 0.4) is 0 Å². The minimum Gasteiger partial charge on any atom is -0.344 e. The molecule has 0 radical (unpaired) electrons. The fraction of sp³-hybridized carbons (Fsp3) is 0.571. The van der Waals surface area contributed by atoms with Gasteiger partial charge in [0.1, 0.15) is 11.5 Å². The molecule has 2 aromatic heterocycles. The molecule has 3 heterocycles. The number of fused-ring (bicyclic) bond motifs is 3. The Labute approximate surface area is 128 Å². The van der Waals surface area contributed by atoms with Gasteiger partial charge in [0.2, 0.25) is 5.28 Å². The van der Waals surface area contributed by atoms with Crippen LogP contribution >= 0.6 is 11.6 Å². The molecule has 1 unspecified atom stereocenters. The Morgan fingerprint density at radius 2 is 2.14 bits per heavy atom. The van der Waals surface area contributed by atoms with Crippen molar-refractivity contribution in [2.24, 2.45) is 5.92 Å². The third-order valence-corrected chi connectivity index (χ3v) is 4.48. The summed E-state index contributed by atoms with van der Waals surface area (Å²) in [6, 6.07) is 0.199. The Kier molecular flexibility index (Phi) is 2.89. The lowest BCUT2D eigenvalue weighted by Gasteiger charge is -2.37. The summed E-state index contributed by atoms with van der Waals surface area (Å²) >= 11 is 6.04. The molecule has 1 atom stereocenters. The zero-order chi connectivity index (χ0) is 14.6. The maximum absolute atomic E-state index is 6.04. The van der Waals surface area contributed by atoms with Crippen LogP contribution in [0, 0.1) is 12.8 Å². The minimum atomic E-state index is 0.199. The van der Waals surface area contributed by atoms with Crippen LogP contribution in [-0.4, -0.2) is 31.3 Å². The Bertz CT molecular complexity index is 693. The molecule has 0 amide bonds. The van der Waals surface area contributed by atoms with Crippen LogP contribution in [0.25, 0.3) is 5.69 Å². The van der Waals surface area contributed by atoms with Gasteiger partial charge in [0, 0.05) is 6.54 Å². The van der Waals surface area contributed by atoms with Gasteiger partial charge in [0.05, 0.1) is 12.2 Å². The van der Waals surface area contributed by atoms with E-state index in [1.165, 1.54) is 12.8 Å². The lowest BCUT2D eigenvalue weighted by Crippen LogP contribution is -2.37. The second-order valence-electron chi connectivity index (χ2n) is 5.81. The maximum Gasteiger partial charge on any atom is 0.224 e. The molecule has 0 N–H and O–H groups in total. The Balaban J connectivity index is 1.91. The van der Waals surface area contributed by atoms with Gasteiger partial charge in [-0.2, -0.15) is 4.98 Å². The van der Waals surface area contributed by atoms with Crippen LogP contribution < -0.4 is 4.90 Å². The molecule has 110 valence electrons. The number of halogens is 1. The van der Waals surface area contributed by atoms with Gasteiger partial charge >= 0.3 is 0 Å². The Hall–Kier alpha value is -1.69. The van der Waals surface area contributed by atoms with Crippen molar-refractivity contribution in [2.45, 2.75) is 39.2 Å². The van der Waals surface area contributed by atoms with Crippen LogP contribution in [0.15, 0.2) is 6.20 Å². The second kappa shape index (κ2) is 4.66. The standard InChI is InChI=1S/C14H17ClN6/c1-3-10-13-19-18-8(2)21(13)11-6-16-14(15)17-12(11)20(10)7-9-4-5-9/h6,9-10H,3-5,7H2,1-2H3. The molecule has 2 aromatic rings. The molecule has 0 spiro atoms. The summed E-state index contributed by atoms with van der Waals surface area (Å²) < 4.78 is 2.06. The summed E-state index contributed by atoms with van der Waals surface area (Å²) in [6.07, 6.45) is 5.34. The van der Waals surface area contributed by atoms with Crippen LogP contribution in [0.1, 0.15) is 43.9 Å². The molecule has 6 nitrogen and oxygen atoms in total. The summed E-state index contributed by atoms with van der Waals surface area (Å²) in [5, 5.41) is 8.93. The van der Waals surface area contributed by atoms with E-state index in [-0.39, 0.29) is 6.04 Å². The van der Waals surface area contributed by atoms with Crippen molar-refractivity contribution in [3.63, 3.8) is 0 Å². The van der Waals surface area contributed by atoms with Gasteiger partial charge in [-0.1, -0.05) is 6.92 Å². The van der Waals surface area contributed by atoms with Crippen molar-refractivity contribution >= 4 is 17.4 Å². The predicted octanol–water partition coefficient (Wildman–Crippen LogP) is 2.70.